The molecule has 2 N–H and O–H groups in total. The van der Waals surface area contributed by atoms with Crippen LogP contribution in [0.1, 0.15) is 5.56 Å². The first-order valence-corrected chi connectivity index (χ1v) is 9.74. The lowest BCUT2D eigenvalue weighted by Gasteiger charge is -2.25. The number of carbonyl (C=O) groups is 1. The van der Waals surface area contributed by atoms with Crippen molar-refractivity contribution in [2.75, 3.05) is 36.4 Å². The average molecular weight is 420 g/mol. The molecule has 8 heteroatoms. The molecule has 3 rings (SSSR count). The van der Waals surface area contributed by atoms with Crippen LogP contribution in [0.5, 0.6) is 0 Å². The molecular formula is C23H25FN6O. The van der Waals surface area contributed by atoms with Crippen LogP contribution in [-0.4, -0.2) is 41.4 Å². The van der Waals surface area contributed by atoms with Gasteiger partial charge in [-0.1, -0.05) is 24.3 Å². The van der Waals surface area contributed by atoms with E-state index in [1.165, 1.54) is 6.08 Å². The molecule has 0 spiro atoms. The molecule has 0 atom stereocenters. The highest BCUT2D eigenvalue weighted by Crippen LogP contribution is 2.26. The molecule has 160 valence electrons. The van der Waals surface area contributed by atoms with E-state index in [9.17, 15) is 9.18 Å². The largest absolute Gasteiger partial charge is 0.322 e. The van der Waals surface area contributed by atoms with Crippen molar-refractivity contribution in [1.29, 1.82) is 0 Å². The number of hydrogen-bond donors (Lipinski definition) is 2. The predicted molar refractivity (Wildman–Crippen MR) is 122 cm³/mol. The highest BCUT2D eigenvalue weighted by molar-refractivity contribution is 5.99. The minimum Gasteiger partial charge on any atom is -0.322 e. The van der Waals surface area contributed by atoms with E-state index in [-0.39, 0.29) is 11.9 Å². The predicted octanol–water partition coefficient (Wildman–Crippen LogP) is 4.15. The van der Waals surface area contributed by atoms with Crippen molar-refractivity contribution in [1.82, 2.24) is 14.9 Å². The van der Waals surface area contributed by atoms with Crippen LogP contribution in [0.15, 0.2) is 73.1 Å². The molecular weight excluding hydrogens is 395 g/mol. The summed E-state index contributed by atoms with van der Waals surface area (Å²) >= 11 is 0. The third-order valence-electron chi connectivity index (χ3n) is 4.18. The van der Waals surface area contributed by atoms with Gasteiger partial charge in [0.05, 0.1) is 23.8 Å². The van der Waals surface area contributed by atoms with Crippen molar-refractivity contribution >= 4 is 28.9 Å². The summed E-state index contributed by atoms with van der Waals surface area (Å²) in [5.41, 5.74) is 6.42. The van der Waals surface area contributed by atoms with Crippen LogP contribution < -0.4 is 15.8 Å². The first-order chi connectivity index (χ1) is 14.9. The molecule has 3 aromatic rings. The second kappa shape index (κ2) is 10.3. The van der Waals surface area contributed by atoms with E-state index in [2.05, 4.69) is 20.7 Å². The van der Waals surface area contributed by atoms with Gasteiger partial charge in [-0.05, 0) is 56.9 Å². The van der Waals surface area contributed by atoms with Gasteiger partial charge in [0.15, 0.2) is 5.82 Å². The van der Waals surface area contributed by atoms with Gasteiger partial charge in [0.1, 0.15) is 0 Å². The van der Waals surface area contributed by atoms with Crippen LogP contribution in [0.25, 0.3) is 0 Å². The van der Waals surface area contributed by atoms with Gasteiger partial charge in [0.2, 0.25) is 11.9 Å². The summed E-state index contributed by atoms with van der Waals surface area (Å²) in [5.74, 6) is -0.489. The van der Waals surface area contributed by atoms with E-state index in [0.29, 0.717) is 17.9 Å². The van der Waals surface area contributed by atoms with Gasteiger partial charge in [-0.15, -0.1) is 0 Å². The zero-order valence-electron chi connectivity index (χ0n) is 17.7. The number of aryl methyl sites for hydroxylation is 1. The molecule has 0 aliphatic heterocycles. The summed E-state index contributed by atoms with van der Waals surface area (Å²) in [7, 11) is 3.86. The third kappa shape index (κ3) is 6.61. The number of anilines is 4. The van der Waals surface area contributed by atoms with Crippen molar-refractivity contribution in [2.45, 2.75) is 6.92 Å². The number of nitrogens with one attached hydrogen (secondary N) is 2. The number of amides is 1. The van der Waals surface area contributed by atoms with Gasteiger partial charge in [-0.25, -0.2) is 19.4 Å². The molecule has 2 aromatic carbocycles. The summed E-state index contributed by atoms with van der Waals surface area (Å²) in [4.78, 5) is 22.3. The zero-order valence-corrected chi connectivity index (χ0v) is 17.7. The second-order valence-electron chi connectivity index (χ2n) is 7.22. The number of carbonyl (C=O) groups excluding carboxylic acids is 1. The van der Waals surface area contributed by atoms with E-state index in [0.717, 1.165) is 23.6 Å². The van der Waals surface area contributed by atoms with Crippen molar-refractivity contribution in [3.8, 4) is 0 Å². The lowest BCUT2D eigenvalue weighted by atomic mass is 10.2. The number of aromatic nitrogens is 2. The molecule has 0 aliphatic rings. The van der Waals surface area contributed by atoms with E-state index in [1.807, 2.05) is 62.3 Å². The Hall–Kier alpha value is -3.78. The molecule has 0 radical (unpaired) electrons. The Morgan fingerprint density at radius 1 is 1.06 bits per heavy atom. The van der Waals surface area contributed by atoms with Crippen LogP contribution in [-0.2, 0) is 4.79 Å². The van der Waals surface area contributed by atoms with E-state index < -0.39 is 5.82 Å². The normalized spacial score (nSPS) is 11.0. The van der Waals surface area contributed by atoms with E-state index >= 15 is 0 Å². The fourth-order valence-electron chi connectivity index (χ4n) is 2.77. The molecule has 0 unspecified atom stereocenters. The first-order valence-electron chi connectivity index (χ1n) is 9.74. The summed E-state index contributed by atoms with van der Waals surface area (Å²) in [6.45, 7) is 2.66. The van der Waals surface area contributed by atoms with Crippen molar-refractivity contribution in [3.63, 3.8) is 0 Å². The molecule has 0 bridgehead atoms. The third-order valence-corrected chi connectivity index (χ3v) is 4.18. The number of nitrogens with zero attached hydrogens (tertiary/aromatic N) is 4. The van der Waals surface area contributed by atoms with Crippen molar-refractivity contribution in [3.05, 3.63) is 84.5 Å². The summed E-state index contributed by atoms with van der Waals surface area (Å²) in [5, 5.41) is 4.48. The van der Waals surface area contributed by atoms with Gasteiger partial charge < -0.3 is 10.2 Å². The lowest BCUT2D eigenvalue weighted by Crippen LogP contribution is -2.26. The van der Waals surface area contributed by atoms with Crippen LogP contribution in [0.3, 0.4) is 0 Å². The second-order valence-corrected chi connectivity index (χ2v) is 7.22. The minimum atomic E-state index is -0.523. The summed E-state index contributed by atoms with van der Waals surface area (Å²) in [6, 6.07) is 15.0. The molecule has 1 amide bonds. The quantitative estimate of drug-likeness (QED) is 0.421. The Bertz CT molecular complexity index is 1050. The first kappa shape index (κ1) is 21.9. The number of likely N-dealkylation sites (N-methyl/N-ethyl adjacent to an activating group) is 1. The van der Waals surface area contributed by atoms with Gasteiger partial charge in [0.25, 0.3) is 0 Å². The molecule has 7 nitrogen and oxygen atoms in total. The molecule has 1 heterocycles. The Morgan fingerprint density at radius 3 is 2.48 bits per heavy atom. The summed E-state index contributed by atoms with van der Waals surface area (Å²) in [6.07, 6.45) is 5.50. The smallest absolute Gasteiger partial charge is 0.249 e. The SMILES string of the molecule is Cc1cccc(NN(c2cccc(NC(=O)C=CCN(C)C)c2)c2ncc(F)cn2)c1. The van der Waals surface area contributed by atoms with Crippen LogP contribution >= 0.6 is 0 Å². The molecule has 31 heavy (non-hydrogen) atoms. The minimum absolute atomic E-state index is 0.227. The number of rotatable bonds is 8. The van der Waals surface area contributed by atoms with Gasteiger partial charge in [-0.2, -0.15) is 0 Å². The summed E-state index contributed by atoms with van der Waals surface area (Å²) < 4.78 is 13.4. The molecule has 1 aromatic heterocycles. The molecule has 0 aliphatic carbocycles. The van der Waals surface area contributed by atoms with Crippen molar-refractivity contribution < 1.29 is 9.18 Å². The Balaban J connectivity index is 1.86. The molecule has 0 saturated heterocycles. The number of hydrogen-bond acceptors (Lipinski definition) is 6. The van der Waals surface area contributed by atoms with Crippen LogP contribution in [0, 0.1) is 12.7 Å². The lowest BCUT2D eigenvalue weighted by molar-refractivity contribution is -0.111. The topological polar surface area (TPSA) is 73.4 Å². The standard InChI is InChI=1S/C23H25FN6O/c1-17-7-4-9-20(13-17)28-30(23-25-15-18(24)16-26-23)21-10-5-8-19(14-21)27-22(31)11-6-12-29(2)3/h4-11,13-16,28H,12H2,1-3H3,(H,27,31). The van der Waals surface area contributed by atoms with Gasteiger partial charge in [-0.3, -0.25) is 10.2 Å². The average Bonchev–Trinajstić information content (AvgIpc) is 2.73. The van der Waals surface area contributed by atoms with E-state index in [4.69, 9.17) is 0 Å². The maximum Gasteiger partial charge on any atom is 0.249 e. The van der Waals surface area contributed by atoms with Crippen LogP contribution in [0.2, 0.25) is 0 Å². The molecule has 0 fully saturated rings. The van der Waals surface area contributed by atoms with Crippen LogP contribution in [0.4, 0.5) is 27.4 Å². The monoisotopic (exact) mass is 420 g/mol. The highest BCUT2D eigenvalue weighted by atomic mass is 19.1. The maximum absolute atomic E-state index is 13.4. The Labute approximate surface area is 181 Å². The fraction of sp³-hybridized carbons (Fsp3) is 0.174. The zero-order chi connectivity index (χ0) is 22.2. The highest BCUT2D eigenvalue weighted by Gasteiger charge is 2.14. The molecule has 0 saturated carbocycles. The van der Waals surface area contributed by atoms with E-state index in [1.54, 1.807) is 23.2 Å². The number of hydrazine groups is 1. The Morgan fingerprint density at radius 2 is 1.77 bits per heavy atom. The van der Waals surface area contributed by atoms with Crippen molar-refractivity contribution in [2.24, 2.45) is 0 Å². The van der Waals surface area contributed by atoms with Gasteiger partial charge >= 0.3 is 0 Å². The number of benzene rings is 2. The van der Waals surface area contributed by atoms with Gasteiger partial charge in [0, 0.05) is 18.3 Å². The Kier molecular flexibility index (Phi) is 7.29. The number of halogens is 1. The fourth-order valence-corrected chi connectivity index (χ4v) is 2.77. The maximum atomic E-state index is 13.4.